The third-order valence-corrected chi connectivity index (χ3v) is 5.72. The van der Waals surface area contributed by atoms with Crippen molar-refractivity contribution in [3.05, 3.63) is 15.6 Å². The predicted molar refractivity (Wildman–Crippen MR) is 123 cm³/mol. The molecule has 0 aliphatic carbocycles. The summed E-state index contributed by atoms with van der Waals surface area (Å²) in [6.45, 7) is 7.59. The van der Waals surface area contributed by atoms with Gasteiger partial charge in [0.05, 0.1) is 23.3 Å². The first-order valence-electron chi connectivity index (χ1n) is 9.25. The van der Waals surface area contributed by atoms with Crippen molar-refractivity contribution in [2.45, 2.75) is 45.7 Å². The number of aryl methyl sites for hydroxylation is 2. The van der Waals surface area contributed by atoms with Gasteiger partial charge in [0, 0.05) is 39.1 Å². The quantitative estimate of drug-likeness (QED) is 0.255. The molecule has 0 aromatic carbocycles. The first-order valence-corrected chi connectivity index (χ1v) is 10.1. The van der Waals surface area contributed by atoms with Crippen LogP contribution >= 0.6 is 35.3 Å². The van der Waals surface area contributed by atoms with Crippen LogP contribution in [0.15, 0.2) is 4.99 Å². The molecule has 0 saturated carbocycles. The minimum absolute atomic E-state index is 0. The summed E-state index contributed by atoms with van der Waals surface area (Å²) in [6.07, 6.45) is 3.06. The molecule has 9 heteroatoms. The molecule has 1 aromatic heterocycles. The number of rotatable bonds is 7. The van der Waals surface area contributed by atoms with Crippen LogP contribution in [-0.2, 0) is 11.3 Å². The number of aromatic nitrogens is 1. The summed E-state index contributed by atoms with van der Waals surface area (Å²) in [5.74, 6) is 1.03. The Bertz CT molecular complexity index is 633. The van der Waals surface area contributed by atoms with Crippen LogP contribution in [0, 0.1) is 13.8 Å². The van der Waals surface area contributed by atoms with E-state index >= 15 is 0 Å². The van der Waals surface area contributed by atoms with Crippen LogP contribution in [0.4, 0.5) is 0 Å². The maximum atomic E-state index is 12.2. The monoisotopic (exact) mass is 508 g/mol. The Kier molecular flexibility index (Phi) is 10.5. The molecular weight excluding hydrogens is 475 g/mol. The van der Waals surface area contributed by atoms with E-state index in [9.17, 15) is 4.79 Å². The molecule has 2 rings (SSSR count). The van der Waals surface area contributed by atoms with Gasteiger partial charge in [-0.15, -0.1) is 35.3 Å². The summed E-state index contributed by atoms with van der Waals surface area (Å²) in [7, 11) is 5.46. The number of nitrogens with one attached hydrogen (secondary N) is 2. The van der Waals surface area contributed by atoms with Crippen LogP contribution in [0.3, 0.4) is 0 Å². The van der Waals surface area contributed by atoms with Crippen molar-refractivity contribution in [1.29, 1.82) is 0 Å². The van der Waals surface area contributed by atoms with Crippen molar-refractivity contribution in [3.8, 4) is 0 Å². The minimum atomic E-state index is 0. The van der Waals surface area contributed by atoms with E-state index in [2.05, 4.69) is 25.5 Å². The van der Waals surface area contributed by atoms with Crippen molar-refractivity contribution in [1.82, 2.24) is 25.4 Å². The van der Waals surface area contributed by atoms with Crippen LogP contribution in [0.2, 0.25) is 0 Å². The van der Waals surface area contributed by atoms with Crippen molar-refractivity contribution >= 4 is 47.2 Å². The smallest absolute Gasteiger partial charge is 0.239 e. The number of halogens is 1. The molecule has 2 N–H and O–H groups in total. The highest BCUT2D eigenvalue weighted by Gasteiger charge is 2.30. The molecule has 1 aromatic rings. The molecule has 1 amide bonds. The van der Waals surface area contributed by atoms with E-state index in [0.29, 0.717) is 0 Å². The van der Waals surface area contributed by atoms with Gasteiger partial charge in [-0.2, -0.15) is 0 Å². The summed E-state index contributed by atoms with van der Waals surface area (Å²) in [5.41, 5.74) is 1.08. The van der Waals surface area contributed by atoms with E-state index in [-0.39, 0.29) is 35.9 Å². The van der Waals surface area contributed by atoms with Gasteiger partial charge < -0.3 is 15.5 Å². The minimum Gasteiger partial charge on any atom is -0.356 e. The van der Waals surface area contributed by atoms with Gasteiger partial charge in [0.2, 0.25) is 5.91 Å². The number of nitrogens with zero attached hydrogens (tertiary/aromatic N) is 4. The topological polar surface area (TPSA) is 72.9 Å². The lowest BCUT2D eigenvalue weighted by molar-refractivity contribution is -0.133. The normalized spacial score (nSPS) is 17.5. The maximum absolute atomic E-state index is 12.2. The molecule has 2 heterocycles. The van der Waals surface area contributed by atoms with Gasteiger partial charge in [-0.05, 0) is 39.7 Å². The Balaban J connectivity index is 0.00000364. The number of aliphatic imine (C=N–C) groups is 1. The summed E-state index contributed by atoms with van der Waals surface area (Å²) in [4.78, 5) is 26.2. The molecule has 1 saturated heterocycles. The van der Waals surface area contributed by atoms with Crippen LogP contribution in [-0.4, -0.2) is 73.5 Å². The third-order valence-electron chi connectivity index (χ3n) is 4.64. The largest absolute Gasteiger partial charge is 0.356 e. The highest BCUT2D eigenvalue weighted by molar-refractivity contribution is 14.0. The first-order chi connectivity index (χ1) is 12.4. The molecule has 0 spiro atoms. The van der Waals surface area contributed by atoms with Gasteiger partial charge in [-0.25, -0.2) is 4.98 Å². The number of likely N-dealkylation sites (N-methyl/N-ethyl adjacent to an activating group) is 1. The average molecular weight is 508 g/mol. The van der Waals surface area contributed by atoms with E-state index in [1.165, 1.54) is 4.88 Å². The Morgan fingerprint density at radius 2 is 2.11 bits per heavy atom. The predicted octanol–water partition coefficient (Wildman–Crippen LogP) is 1.99. The summed E-state index contributed by atoms with van der Waals surface area (Å²) >= 11 is 1.72. The summed E-state index contributed by atoms with van der Waals surface area (Å²) < 4.78 is 0. The molecule has 154 valence electrons. The van der Waals surface area contributed by atoms with Crippen molar-refractivity contribution in [2.24, 2.45) is 4.99 Å². The zero-order valence-corrected chi connectivity index (χ0v) is 20.2. The zero-order valence-electron chi connectivity index (χ0n) is 17.0. The van der Waals surface area contributed by atoms with Crippen molar-refractivity contribution < 1.29 is 4.79 Å². The van der Waals surface area contributed by atoms with Crippen LogP contribution < -0.4 is 10.6 Å². The van der Waals surface area contributed by atoms with Crippen LogP contribution in [0.1, 0.15) is 34.8 Å². The summed E-state index contributed by atoms with van der Waals surface area (Å²) in [5, 5.41) is 7.80. The van der Waals surface area contributed by atoms with Gasteiger partial charge >= 0.3 is 0 Å². The molecule has 1 atom stereocenters. The lowest BCUT2D eigenvalue weighted by Gasteiger charge is -2.26. The molecule has 1 aliphatic heterocycles. The molecule has 0 radical (unpaired) electrons. The second-order valence-electron chi connectivity index (χ2n) is 6.87. The Labute approximate surface area is 184 Å². The second-order valence-corrected chi connectivity index (χ2v) is 8.16. The average Bonchev–Trinajstić information content (AvgIpc) is 3.19. The number of amides is 1. The molecular formula is C18H33IN6OS. The molecule has 1 aliphatic rings. The summed E-state index contributed by atoms with van der Waals surface area (Å²) in [6, 6.07) is 0.0555. The maximum Gasteiger partial charge on any atom is 0.239 e. The third kappa shape index (κ3) is 7.19. The van der Waals surface area contributed by atoms with E-state index in [4.69, 9.17) is 0 Å². The fraction of sp³-hybridized carbons (Fsp3) is 0.722. The van der Waals surface area contributed by atoms with E-state index < -0.39 is 0 Å². The van der Waals surface area contributed by atoms with Crippen LogP contribution in [0.5, 0.6) is 0 Å². The standard InChI is InChI=1S/C18H32N6OS.HI/c1-13-16(26-14(2)22-13)12-21-18(19-3)20-9-7-11-24-10-6-8-15(24)17(25)23(4)5;/h15H,6-12H2,1-5H3,(H2,19,20,21);1H. The fourth-order valence-corrected chi connectivity index (χ4v) is 4.16. The second kappa shape index (κ2) is 11.8. The van der Waals surface area contributed by atoms with E-state index in [1.54, 1.807) is 23.3 Å². The highest BCUT2D eigenvalue weighted by atomic mass is 127. The van der Waals surface area contributed by atoms with E-state index in [1.807, 2.05) is 27.9 Å². The highest BCUT2D eigenvalue weighted by Crippen LogP contribution is 2.19. The SMILES string of the molecule is CN=C(NCCCN1CCCC1C(=O)N(C)C)NCc1sc(C)nc1C.I. The molecule has 0 bridgehead atoms. The van der Waals surface area contributed by atoms with E-state index in [0.717, 1.165) is 62.1 Å². The molecule has 1 fully saturated rings. The zero-order chi connectivity index (χ0) is 19.1. The Morgan fingerprint density at radius 3 is 2.70 bits per heavy atom. The molecule has 27 heavy (non-hydrogen) atoms. The van der Waals surface area contributed by atoms with Crippen molar-refractivity contribution in [2.75, 3.05) is 40.8 Å². The number of carbonyl (C=O) groups is 1. The lowest BCUT2D eigenvalue weighted by atomic mass is 10.2. The fourth-order valence-electron chi connectivity index (χ4n) is 3.28. The Morgan fingerprint density at radius 1 is 1.37 bits per heavy atom. The number of hydrogen-bond donors (Lipinski definition) is 2. The van der Waals surface area contributed by atoms with Gasteiger partial charge in [0.15, 0.2) is 5.96 Å². The van der Waals surface area contributed by atoms with Crippen molar-refractivity contribution in [3.63, 3.8) is 0 Å². The molecule has 1 unspecified atom stereocenters. The number of hydrogen-bond acceptors (Lipinski definition) is 5. The van der Waals surface area contributed by atoms with Gasteiger partial charge in [-0.1, -0.05) is 0 Å². The van der Waals surface area contributed by atoms with Gasteiger partial charge in [0.1, 0.15) is 0 Å². The molecule has 7 nitrogen and oxygen atoms in total. The number of thiazole rings is 1. The van der Waals surface area contributed by atoms with Crippen LogP contribution in [0.25, 0.3) is 0 Å². The number of carbonyl (C=O) groups excluding carboxylic acids is 1. The van der Waals surface area contributed by atoms with Gasteiger partial charge in [-0.3, -0.25) is 14.7 Å². The number of likely N-dealkylation sites (tertiary alicyclic amines) is 1. The first kappa shape index (κ1) is 24.1. The number of guanidine groups is 1. The van der Waals surface area contributed by atoms with Gasteiger partial charge in [0.25, 0.3) is 0 Å². The Hall–Kier alpha value is -0.940. The lowest BCUT2D eigenvalue weighted by Crippen LogP contribution is -2.44.